The third kappa shape index (κ3) is 2.35. The zero-order chi connectivity index (χ0) is 14.1. The van der Waals surface area contributed by atoms with Crippen LogP contribution in [-0.2, 0) is 0 Å². The molecule has 0 spiro atoms. The van der Waals surface area contributed by atoms with Gasteiger partial charge in [-0.05, 0) is 30.3 Å². The molecule has 0 aliphatic carbocycles. The molecule has 0 atom stereocenters. The van der Waals surface area contributed by atoms with E-state index in [-0.39, 0.29) is 5.76 Å². The second-order valence-corrected chi connectivity index (χ2v) is 4.93. The number of aldehydes is 1. The van der Waals surface area contributed by atoms with Gasteiger partial charge in [0, 0.05) is 11.8 Å². The summed E-state index contributed by atoms with van der Waals surface area (Å²) < 4.78 is 6.94. The number of hydrogen-bond acceptors (Lipinski definition) is 3. The number of benzene rings is 1. The number of nitrogens with zero attached hydrogens (tertiary/aromatic N) is 2. The first-order valence-electron chi connectivity index (χ1n) is 5.73. The molecule has 0 amide bonds. The molecule has 2 heterocycles. The van der Waals surface area contributed by atoms with Gasteiger partial charge in [0.2, 0.25) is 0 Å². The lowest BCUT2D eigenvalue weighted by Crippen LogP contribution is -1.95. The van der Waals surface area contributed by atoms with Crippen molar-refractivity contribution in [1.29, 1.82) is 0 Å². The maximum atomic E-state index is 10.6. The Morgan fingerprint density at radius 3 is 2.65 bits per heavy atom. The van der Waals surface area contributed by atoms with E-state index in [9.17, 15) is 4.79 Å². The molecule has 3 aromatic rings. The maximum Gasteiger partial charge on any atom is 0.185 e. The van der Waals surface area contributed by atoms with Gasteiger partial charge in [-0.2, -0.15) is 5.10 Å². The Morgan fingerprint density at radius 2 is 2.05 bits per heavy atom. The van der Waals surface area contributed by atoms with E-state index >= 15 is 0 Å². The summed E-state index contributed by atoms with van der Waals surface area (Å²) in [6.45, 7) is 0. The molecule has 0 saturated heterocycles. The number of carbonyl (C=O) groups is 1. The predicted octanol–water partition coefficient (Wildman–Crippen LogP) is 4.25. The molecule has 0 aliphatic rings. The quantitative estimate of drug-likeness (QED) is 0.680. The van der Waals surface area contributed by atoms with Crippen molar-refractivity contribution in [3.05, 3.63) is 58.5 Å². The molecule has 4 nitrogen and oxygen atoms in total. The Balaban J connectivity index is 2.00. The Kier molecular flexibility index (Phi) is 3.34. The van der Waals surface area contributed by atoms with Gasteiger partial charge in [0.1, 0.15) is 5.76 Å². The van der Waals surface area contributed by atoms with Crippen LogP contribution in [0.3, 0.4) is 0 Å². The van der Waals surface area contributed by atoms with Gasteiger partial charge in [0.15, 0.2) is 12.0 Å². The van der Waals surface area contributed by atoms with Gasteiger partial charge >= 0.3 is 0 Å². The molecule has 100 valence electrons. The summed E-state index contributed by atoms with van der Waals surface area (Å²) in [5.74, 6) is 0.859. The molecule has 0 saturated carbocycles. The minimum Gasteiger partial charge on any atom is -0.453 e. The number of halogens is 2. The molecule has 0 bridgehead atoms. The molecular weight excluding hydrogens is 299 g/mol. The maximum absolute atomic E-state index is 10.6. The summed E-state index contributed by atoms with van der Waals surface area (Å²) in [7, 11) is 0. The smallest absolute Gasteiger partial charge is 0.185 e. The predicted molar refractivity (Wildman–Crippen MR) is 76.7 cm³/mol. The molecule has 0 aliphatic heterocycles. The number of rotatable bonds is 3. The van der Waals surface area contributed by atoms with Crippen molar-refractivity contribution in [2.45, 2.75) is 0 Å². The highest BCUT2D eigenvalue weighted by Gasteiger charge is 2.09. The van der Waals surface area contributed by atoms with Gasteiger partial charge in [-0.25, -0.2) is 4.68 Å². The van der Waals surface area contributed by atoms with Crippen molar-refractivity contribution in [3.8, 4) is 17.0 Å². The summed E-state index contributed by atoms with van der Waals surface area (Å²) in [4.78, 5) is 10.6. The topological polar surface area (TPSA) is 48.0 Å². The molecule has 1 aromatic carbocycles. The molecule has 2 aromatic heterocycles. The van der Waals surface area contributed by atoms with E-state index in [1.165, 1.54) is 6.20 Å². The normalized spacial score (nSPS) is 10.7. The third-order valence-corrected chi connectivity index (χ3v) is 3.27. The molecule has 20 heavy (non-hydrogen) atoms. The van der Waals surface area contributed by atoms with Crippen LogP contribution in [0.1, 0.15) is 10.6 Å². The van der Waals surface area contributed by atoms with E-state index in [1.54, 1.807) is 29.1 Å². The van der Waals surface area contributed by atoms with Crippen LogP contribution < -0.4 is 0 Å². The minimum absolute atomic E-state index is 0.277. The largest absolute Gasteiger partial charge is 0.453 e. The zero-order valence-electron chi connectivity index (χ0n) is 10.1. The lowest BCUT2D eigenvalue weighted by atomic mass is 10.1. The van der Waals surface area contributed by atoms with E-state index in [0.717, 1.165) is 5.56 Å². The van der Waals surface area contributed by atoms with Crippen LogP contribution in [0.15, 0.2) is 47.1 Å². The molecule has 6 heteroatoms. The Hall–Kier alpha value is -2.04. The van der Waals surface area contributed by atoms with Crippen LogP contribution in [-0.4, -0.2) is 16.1 Å². The number of aromatic nitrogens is 2. The average Bonchev–Trinajstić information content (AvgIpc) is 3.07. The molecule has 0 N–H and O–H groups in total. The SMILES string of the molecule is O=Cc1ccc(-c2ccc(-n3cc(Cl)cn3)c(Cl)c2)o1. The Morgan fingerprint density at radius 1 is 1.20 bits per heavy atom. The first-order chi connectivity index (χ1) is 9.67. The first-order valence-corrected chi connectivity index (χ1v) is 6.48. The Bertz CT molecular complexity index is 777. The van der Waals surface area contributed by atoms with Crippen molar-refractivity contribution in [1.82, 2.24) is 9.78 Å². The lowest BCUT2D eigenvalue weighted by Gasteiger charge is -2.05. The van der Waals surface area contributed by atoms with Crippen LogP contribution in [0.2, 0.25) is 10.0 Å². The van der Waals surface area contributed by atoms with Crippen molar-refractivity contribution >= 4 is 29.5 Å². The summed E-state index contributed by atoms with van der Waals surface area (Å²) in [6, 6.07) is 8.73. The second kappa shape index (κ2) is 5.15. The van der Waals surface area contributed by atoms with Crippen molar-refractivity contribution in [3.63, 3.8) is 0 Å². The van der Waals surface area contributed by atoms with E-state index in [4.69, 9.17) is 27.6 Å². The number of furan rings is 1. The van der Waals surface area contributed by atoms with Crippen molar-refractivity contribution in [2.75, 3.05) is 0 Å². The van der Waals surface area contributed by atoms with E-state index in [0.29, 0.717) is 27.8 Å². The molecule has 3 rings (SSSR count). The Labute approximate surface area is 124 Å². The summed E-state index contributed by atoms with van der Waals surface area (Å²) in [5.41, 5.74) is 1.49. The monoisotopic (exact) mass is 306 g/mol. The lowest BCUT2D eigenvalue weighted by molar-refractivity contribution is 0.110. The molecule has 0 fully saturated rings. The van der Waals surface area contributed by atoms with Gasteiger partial charge in [-0.3, -0.25) is 4.79 Å². The number of hydrogen-bond donors (Lipinski definition) is 0. The summed E-state index contributed by atoms with van der Waals surface area (Å²) >= 11 is 12.1. The van der Waals surface area contributed by atoms with Gasteiger partial charge in [-0.1, -0.05) is 23.2 Å². The fourth-order valence-corrected chi connectivity index (χ4v) is 2.25. The van der Waals surface area contributed by atoms with Crippen molar-refractivity contribution < 1.29 is 9.21 Å². The average molecular weight is 307 g/mol. The van der Waals surface area contributed by atoms with Gasteiger partial charge in [0.05, 0.1) is 21.9 Å². The van der Waals surface area contributed by atoms with Gasteiger partial charge < -0.3 is 4.42 Å². The second-order valence-electron chi connectivity index (χ2n) is 4.09. The fourth-order valence-electron chi connectivity index (χ4n) is 1.85. The standard InChI is InChI=1S/C14H8Cl2N2O2/c15-10-6-17-18(7-10)13-3-1-9(5-12(13)16)14-4-2-11(8-19)20-14/h1-8H. The molecule has 0 unspecified atom stereocenters. The minimum atomic E-state index is 0.277. The molecular formula is C14H8Cl2N2O2. The van der Waals surface area contributed by atoms with E-state index in [1.807, 2.05) is 12.1 Å². The van der Waals surface area contributed by atoms with Crippen LogP contribution in [0.5, 0.6) is 0 Å². The van der Waals surface area contributed by atoms with E-state index < -0.39 is 0 Å². The number of carbonyl (C=O) groups excluding carboxylic acids is 1. The summed E-state index contributed by atoms with van der Waals surface area (Å²) in [6.07, 6.45) is 3.86. The van der Waals surface area contributed by atoms with Crippen LogP contribution in [0.25, 0.3) is 17.0 Å². The first kappa shape index (κ1) is 13.0. The highest BCUT2D eigenvalue weighted by molar-refractivity contribution is 6.32. The highest BCUT2D eigenvalue weighted by Crippen LogP contribution is 2.29. The third-order valence-electron chi connectivity index (χ3n) is 2.77. The highest BCUT2D eigenvalue weighted by atomic mass is 35.5. The zero-order valence-corrected chi connectivity index (χ0v) is 11.6. The molecule has 0 radical (unpaired) electrons. The van der Waals surface area contributed by atoms with Gasteiger partial charge in [-0.15, -0.1) is 0 Å². The van der Waals surface area contributed by atoms with Crippen LogP contribution in [0, 0.1) is 0 Å². The van der Waals surface area contributed by atoms with Crippen molar-refractivity contribution in [2.24, 2.45) is 0 Å². The van der Waals surface area contributed by atoms with Crippen LogP contribution >= 0.6 is 23.2 Å². The van der Waals surface area contributed by atoms with E-state index in [2.05, 4.69) is 5.10 Å². The fraction of sp³-hybridized carbons (Fsp3) is 0. The van der Waals surface area contributed by atoms with Gasteiger partial charge in [0.25, 0.3) is 0 Å². The summed E-state index contributed by atoms with van der Waals surface area (Å²) in [5, 5.41) is 5.14. The van der Waals surface area contributed by atoms with Crippen LogP contribution in [0.4, 0.5) is 0 Å².